The Hall–Kier alpha value is -1.36. The molecule has 0 heterocycles. The van der Waals surface area contributed by atoms with Crippen LogP contribution >= 0.6 is 11.6 Å². The number of nitro benzene ring substituents is 1. The second-order valence-corrected chi connectivity index (χ2v) is 3.82. The first-order valence-electron chi connectivity index (χ1n) is 5.28. The molecule has 0 fully saturated rings. The molecule has 0 saturated carbocycles. The summed E-state index contributed by atoms with van der Waals surface area (Å²) in [4.78, 5) is 10.00. The van der Waals surface area contributed by atoms with Gasteiger partial charge in [-0.3, -0.25) is 10.1 Å². The van der Waals surface area contributed by atoms with Gasteiger partial charge in [-0.1, -0.05) is 6.07 Å². The molecule has 0 unspecified atom stereocenters. The molecule has 1 aromatic rings. The van der Waals surface area contributed by atoms with Crippen LogP contribution in [0.2, 0.25) is 0 Å². The van der Waals surface area contributed by atoms with Crippen LogP contribution in [0.4, 0.5) is 10.1 Å². The van der Waals surface area contributed by atoms with Gasteiger partial charge in [-0.2, -0.15) is 0 Å². The molecular formula is C11H13ClFNO3. The smallest absolute Gasteiger partial charge is 0.314 e. The Morgan fingerprint density at radius 1 is 1.35 bits per heavy atom. The summed E-state index contributed by atoms with van der Waals surface area (Å²) in [5, 5.41) is 10.7. The van der Waals surface area contributed by atoms with Gasteiger partial charge < -0.3 is 4.74 Å². The third-order valence-electron chi connectivity index (χ3n) is 2.17. The lowest BCUT2D eigenvalue weighted by molar-refractivity contribution is -0.386. The highest BCUT2D eigenvalue weighted by Crippen LogP contribution is 2.29. The highest BCUT2D eigenvalue weighted by molar-refractivity contribution is 6.17. The van der Waals surface area contributed by atoms with Gasteiger partial charge in [0.2, 0.25) is 5.75 Å². The van der Waals surface area contributed by atoms with E-state index in [-0.39, 0.29) is 18.0 Å². The van der Waals surface area contributed by atoms with E-state index in [9.17, 15) is 14.5 Å². The minimum absolute atomic E-state index is 0.249. The fourth-order valence-corrected chi connectivity index (χ4v) is 1.52. The number of benzene rings is 1. The van der Waals surface area contributed by atoms with Crippen LogP contribution in [0.15, 0.2) is 18.2 Å². The zero-order valence-corrected chi connectivity index (χ0v) is 9.95. The Bertz CT molecular complexity index is 387. The number of rotatable bonds is 7. The van der Waals surface area contributed by atoms with E-state index in [2.05, 4.69) is 0 Å². The van der Waals surface area contributed by atoms with Crippen LogP contribution in [-0.4, -0.2) is 17.4 Å². The maximum absolute atomic E-state index is 13.3. The number of halogens is 2. The number of ether oxygens (including phenoxy) is 1. The van der Waals surface area contributed by atoms with Gasteiger partial charge >= 0.3 is 5.69 Å². The van der Waals surface area contributed by atoms with E-state index in [1.807, 2.05) is 0 Å². The Balaban J connectivity index is 2.60. The van der Waals surface area contributed by atoms with Crippen molar-refractivity contribution in [2.24, 2.45) is 0 Å². The quantitative estimate of drug-likeness (QED) is 0.327. The molecule has 0 spiro atoms. The Kier molecular flexibility index (Phi) is 5.69. The maximum Gasteiger partial charge on any atom is 0.314 e. The zero-order valence-electron chi connectivity index (χ0n) is 9.20. The molecule has 94 valence electrons. The van der Waals surface area contributed by atoms with Crippen LogP contribution in [0, 0.1) is 15.9 Å². The number of para-hydroxylation sites is 1. The molecule has 17 heavy (non-hydrogen) atoms. The predicted octanol–water partition coefficient (Wildman–Crippen LogP) is 3.52. The second kappa shape index (κ2) is 7.06. The lowest BCUT2D eigenvalue weighted by atomic mass is 10.2. The first-order chi connectivity index (χ1) is 8.16. The Morgan fingerprint density at radius 2 is 2.12 bits per heavy atom. The molecule has 0 radical (unpaired) electrons. The van der Waals surface area contributed by atoms with E-state index >= 15 is 0 Å². The topological polar surface area (TPSA) is 52.4 Å². The van der Waals surface area contributed by atoms with Crippen LogP contribution < -0.4 is 4.74 Å². The minimum atomic E-state index is -0.712. The second-order valence-electron chi connectivity index (χ2n) is 3.44. The number of alkyl halides is 1. The van der Waals surface area contributed by atoms with E-state index in [4.69, 9.17) is 16.3 Å². The van der Waals surface area contributed by atoms with Gasteiger partial charge in [-0.25, -0.2) is 4.39 Å². The molecule has 1 aromatic carbocycles. The van der Waals surface area contributed by atoms with Crippen LogP contribution in [0.3, 0.4) is 0 Å². The molecular weight excluding hydrogens is 249 g/mol. The molecule has 6 heteroatoms. The maximum atomic E-state index is 13.3. The van der Waals surface area contributed by atoms with Crippen LogP contribution in [0.5, 0.6) is 5.75 Å². The fraction of sp³-hybridized carbons (Fsp3) is 0.455. The van der Waals surface area contributed by atoms with Crippen molar-refractivity contribution in [1.29, 1.82) is 0 Å². The first kappa shape index (κ1) is 13.7. The lowest BCUT2D eigenvalue weighted by Crippen LogP contribution is -2.02. The molecule has 0 bridgehead atoms. The van der Waals surface area contributed by atoms with Crippen LogP contribution in [0.1, 0.15) is 19.3 Å². The van der Waals surface area contributed by atoms with Gasteiger partial charge in [0.25, 0.3) is 0 Å². The average molecular weight is 262 g/mol. The van der Waals surface area contributed by atoms with Crippen molar-refractivity contribution in [3.05, 3.63) is 34.1 Å². The van der Waals surface area contributed by atoms with Crippen molar-refractivity contribution in [2.45, 2.75) is 19.3 Å². The number of unbranched alkanes of at least 4 members (excludes halogenated alkanes) is 2. The highest BCUT2D eigenvalue weighted by Gasteiger charge is 2.18. The van der Waals surface area contributed by atoms with Crippen molar-refractivity contribution in [3.8, 4) is 5.75 Å². The summed E-state index contributed by atoms with van der Waals surface area (Å²) in [5.74, 6) is -0.431. The van der Waals surface area contributed by atoms with Gasteiger partial charge in [0.1, 0.15) is 0 Å². The summed E-state index contributed by atoms with van der Waals surface area (Å²) < 4.78 is 18.5. The van der Waals surface area contributed by atoms with Gasteiger partial charge in [-0.15, -0.1) is 11.6 Å². The largest absolute Gasteiger partial charge is 0.485 e. The molecule has 0 aromatic heterocycles. The van der Waals surface area contributed by atoms with Crippen molar-refractivity contribution < 1.29 is 14.1 Å². The van der Waals surface area contributed by atoms with Crippen molar-refractivity contribution in [3.63, 3.8) is 0 Å². The zero-order chi connectivity index (χ0) is 12.7. The number of nitrogens with zero attached hydrogens (tertiary/aromatic N) is 1. The Morgan fingerprint density at radius 3 is 2.76 bits per heavy atom. The molecule has 1 rings (SSSR count). The minimum Gasteiger partial charge on any atom is -0.485 e. The molecule has 0 aliphatic carbocycles. The summed E-state index contributed by atoms with van der Waals surface area (Å²) >= 11 is 5.50. The molecule has 4 nitrogen and oxygen atoms in total. The first-order valence-corrected chi connectivity index (χ1v) is 5.82. The number of nitro groups is 1. The van der Waals surface area contributed by atoms with Crippen LogP contribution in [-0.2, 0) is 0 Å². The van der Waals surface area contributed by atoms with Gasteiger partial charge in [0.15, 0.2) is 5.82 Å². The van der Waals surface area contributed by atoms with Gasteiger partial charge in [-0.05, 0) is 25.3 Å². The molecule has 0 saturated heterocycles. The normalized spacial score (nSPS) is 10.2. The molecule has 0 aliphatic heterocycles. The number of hydrogen-bond acceptors (Lipinski definition) is 3. The fourth-order valence-electron chi connectivity index (χ4n) is 1.33. The summed E-state index contributed by atoms with van der Waals surface area (Å²) in [6, 6.07) is 3.64. The predicted molar refractivity (Wildman–Crippen MR) is 63.1 cm³/mol. The Labute approximate surface area is 103 Å². The summed E-state index contributed by atoms with van der Waals surface area (Å²) in [5.41, 5.74) is -0.345. The van der Waals surface area contributed by atoms with Crippen molar-refractivity contribution >= 4 is 17.3 Å². The van der Waals surface area contributed by atoms with E-state index in [1.165, 1.54) is 12.1 Å². The van der Waals surface area contributed by atoms with Crippen molar-refractivity contribution in [1.82, 2.24) is 0 Å². The van der Waals surface area contributed by atoms with Crippen LogP contribution in [0.25, 0.3) is 0 Å². The summed E-state index contributed by atoms with van der Waals surface area (Å²) in [6.07, 6.45) is 2.40. The standard InChI is InChI=1S/C11H13ClFNO3/c12-7-2-1-3-8-17-11-9(13)5-4-6-10(11)14(15)16/h4-6H,1-3,7-8H2. The summed E-state index contributed by atoms with van der Waals surface area (Å²) in [7, 11) is 0. The molecule has 0 amide bonds. The van der Waals surface area contributed by atoms with Gasteiger partial charge in [0.05, 0.1) is 11.5 Å². The molecule has 0 atom stereocenters. The van der Waals surface area contributed by atoms with Crippen molar-refractivity contribution in [2.75, 3.05) is 12.5 Å². The van der Waals surface area contributed by atoms with E-state index in [1.54, 1.807) is 0 Å². The summed E-state index contributed by atoms with van der Waals surface area (Å²) in [6.45, 7) is 0.249. The third kappa shape index (κ3) is 4.19. The SMILES string of the molecule is O=[N+]([O-])c1cccc(F)c1OCCCCCCl. The van der Waals surface area contributed by atoms with Gasteiger partial charge in [0, 0.05) is 11.9 Å². The highest BCUT2D eigenvalue weighted by atomic mass is 35.5. The van der Waals surface area contributed by atoms with E-state index < -0.39 is 10.7 Å². The molecule has 0 aliphatic rings. The monoisotopic (exact) mass is 261 g/mol. The average Bonchev–Trinajstić information content (AvgIpc) is 2.30. The van der Waals surface area contributed by atoms with E-state index in [0.717, 1.165) is 18.9 Å². The third-order valence-corrected chi connectivity index (χ3v) is 2.43. The lowest BCUT2D eigenvalue weighted by Gasteiger charge is -2.07. The molecule has 0 N–H and O–H groups in total. The van der Waals surface area contributed by atoms with E-state index in [0.29, 0.717) is 12.3 Å². The number of hydrogen-bond donors (Lipinski definition) is 0.